The van der Waals surface area contributed by atoms with E-state index in [9.17, 15) is 14.0 Å². The Labute approximate surface area is 192 Å². The second kappa shape index (κ2) is 9.85. The largest absolute Gasteiger partial charge is 0.355 e. The van der Waals surface area contributed by atoms with Gasteiger partial charge in [0.2, 0.25) is 11.8 Å². The zero-order valence-electron chi connectivity index (χ0n) is 18.8. The fourth-order valence-electron chi connectivity index (χ4n) is 4.08. The van der Waals surface area contributed by atoms with Gasteiger partial charge in [-0.2, -0.15) is 5.10 Å². The SMILES string of the molecule is CCC(=O)Nc1c(C)nn(-c2ccccc2)c1N1CCC(C(=O)Nc2ccccc2F)CC1. The second-order valence-electron chi connectivity index (χ2n) is 8.16. The van der Waals surface area contributed by atoms with Crippen LogP contribution in [0, 0.1) is 18.7 Å². The van der Waals surface area contributed by atoms with Crippen LogP contribution < -0.4 is 15.5 Å². The normalized spacial score (nSPS) is 14.2. The Morgan fingerprint density at radius 2 is 1.70 bits per heavy atom. The summed E-state index contributed by atoms with van der Waals surface area (Å²) in [5, 5.41) is 10.4. The number of aryl methyl sites for hydroxylation is 1. The van der Waals surface area contributed by atoms with Crippen LogP contribution in [-0.2, 0) is 9.59 Å². The third-order valence-corrected chi connectivity index (χ3v) is 5.92. The lowest BCUT2D eigenvalue weighted by Gasteiger charge is -2.33. The number of amides is 2. The molecule has 0 saturated carbocycles. The number of nitrogens with one attached hydrogen (secondary N) is 2. The van der Waals surface area contributed by atoms with E-state index in [4.69, 9.17) is 5.10 Å². The van der Waals surface area contributed by atoms with Gasteiger partial charge < -0.3 is 15.5 Å². The minimum atomic E-state index is -0.443. The van der Waals surface area contributed by atoms with Crippen LogP contribution >= 0.6 is 0 Å². The van der Waals surface area contributed by atoms with E-state index in [-0.39, 0.29) is 23.4 Å². The Kier molecular flexibility index (Phi) is 6.72. The minimum absolute atomic E-state index is 0.0777. The summed E-state index contributed by atoms with van der Waals surface area (Å²) in [7, 11) is 0. The molecular weight excluding hydrogens is 421 g/mol. The Bertz CT molecular complexity index is 1140. The predicted molar refractivity (Wildman–Crippen MR) is 127 cm³/mol. The molecule has 1 saturated heterocycles. The van der Waals surface area contributed by atoms with Crippen molar-refractivity contribution in [1.82, 2.24) is 9.78 Å². The van der Waals surface area contributed by atoms with E-state index in [1.54, 1.807) is 18.2 Å². The van der Waals surface area contributed by atoms with Gasteiger partial charge in [0, 0.05) is 25.4 Å². The molecule has 0 radical (unpaired) electrons. The van der Waals surface area contributed by atoms with Crippen LogP contribution in [0.2, 0.25) is 0 Å². The molecule has 0 atom stereocenters. The summed E-state index contributed by atoms with van der Waals surface area (Å²) in [5.74, 6) is -0.0999. The van der Waals surface area contributed by atoms with Gasteiger partial charge in [0.1, 0.15) is 11.5 Å². The quantitative estimate of drug-likeness (QED) is 0.580. The Morgan fingerprint density at radius 1 is 1.03 bits per heavy atom. The maximum Gasteiger partial charge on any atom is 0.227 e. The van der Waals surface area contributed by atoms with E-state index < -0.39 is 5.82 Å². The molecule has 0 bridgehead atoms. The molecule has 2 N–H and O–H groups in total. The van der Waals surface area contributed by atoms with Crippen molar-refractivity contribution in [2.75, 3.05) is 28.6 Å². The summed E-state index contributed by atoms with van der Waals surface area (Å²) in [4.78, 5) is 27.1. The van der Waals surface area contributed by atoms with Crippen LogP contribution in [0.3, 0.4) is 0 Å². The van der Waals surface area contributed by atoms with Crippen LogP contribution in [0.1, 0.15) is 31.9 Å². The number of piperidine rings is 1. The third-order valence-electron chi connectivity index (χ3n) is 5.92. The van der Waals surface area contributed by atoms with Crippen LogP contribution in [-0.4, -0.2) is 34.7 Å². The van der Waals surface area contributed by atoms with Gasteiger partial charge in [0.05, 0.1) is 17.1 Å². The summed E-state index contributed by atoms with van der Waals surface area (Å²) in [6.07, 6.45) is 1.59. The Hall–Kier alpha value is -3.68. The van der Waals surface area contributed by atoms with Gasteiger partial charge in [-0.15, -0.1) is 0 Å². The lowest BCUT2D eigenvalue weighted by Crippen LogP contribution is -2.39. The maximum absolute atomic E-state index is 13.9. The summed E-state index contributed by atoms with van der Waals surface area (Å²) >= 11 is 0. The molecule has 1 aromatic heterocycles. The zero-order valence-corrected chi connectivity index (χ0v) is 18.8. The maximum atomic E-state index is 13.9. The van der Waals surface area contributed by atoms with Crippen molar-refractivity contribution in [3.8, 4) is 5.69 Å². The summed E-state index contributed by atoms with van der Waals surface area (Å²) in [6, 6.07) is 15.9. The molecule has 3 aromatic rings. The van der Waals surface area contributed by atoms with Crippen LogP contribution in [0.25, 0.3) is 5.69 Å². The summed E-state index contributed by atoms with van der Waals surface area (Å²) < 4.78 is 15.8. The first kappa shape index (κ1) is 22.5. The van der Waals surface area contributed by atoms with Gasteiger partial charge >= 0.3 is 0 Å². The number of carbonyl (C=O) groups is 2. The van der Waals surface area contributed by atoms with Gasteiger partial charge in [-0.05, 0) is 44.0 Å². The zero-order chi connectivity index (χ0) is 23.4. The van der Waals surface area contributed by atoms with Gasteiger partial charge in [-0.25, -0.2) is 9.07 Å². The summed E-state index contributed by atoms with van der Waals surface area (Å²) in [6.45, 7) is 4.92. The average molecular weight is 450 g/mol. The number of para-hydroxylation sites is 2. The average Bonchev–Trinajstić information content (AvgIpc) is 3.16. The highest BCUT2D eigenvalue weighted by molar-refractivity contribution is 5.95. The molecule has 8 heteroatoms. The van der Waals surface area contributed by atoms with Crippen LogP contribution in [0.5, 0.6) is 0 Å². The topological polar surface area (TPSA) is 79.3 Å². The van der Waals surface area contributed by atoms with E-state index in [0.717, 1.165) is 17.2 Å². The third kappa shape index (κ3) is 4.89. The van der Waals surface area contributed by atoms with E-state index >= 15 is 0 Å². The molecule has 0 unspecified atom stereocenters. The van der Waals surface area contributed by atoms with Crippen molar-refractivity contribution >= 4 is 29.0 Å². The van der Waals surface area contributed by atoms with Crippen molar-refractivity contribution in [2.45, 2.75) is 33.1 Å². The van der Waals surface area contributed by atoms with Crippen molar-refractivity contribution in [1.29, 1.82) is 0 Å². The fourth-order valence-corrected chi connectivity index (χ4v) is 4.08. The molecule has 7 nitrogen and oxygen atoms in total. The molecule has 172 valence electrons. The predicted octanol–water partition coefficient (Wildman–Crippen LogP) is 4.52. The van der Waals surface area contributed by atoms with Crippen molar-refractivity contribution < 1.29 is 14.0 Å². The number of halogens is 1. The van der Waals surface area contributed by atoms with Crippen LogP contribution in [0.4, 0.5) is 21.6 Å². The molecule has 2 heterocycles. The van der Waals surface area contributed by atoms with Gasteiger partial charge in [0.15, 0.2) is 5.82 Å². The second-order valence-corrected chi connectivity index (χ2v) is 8.16. The molecule has 1 fully saturated rings. The smallest absolute Gasteiger partial charge is 0.227 e. The lowest BCUT2D eigenvalue weighted by molar-refractivity contribution is -0.120. The molecule has 33 heavy (non-hydrogen) atoms. The first-order valence-electron chi connectivity index (χ1n) is 11.2. The lowest BCUT2D eigenvalue weighted by atomic mass is 9.95. The molecule has 0 spiro atoms. The van der Waals surface area contributed by atoms with E-state index in [1.165, 1.54) is 6.07 Å². The number of carbonyl (C=O) groups excluding carboxylic acids is 2. The number of hydrogen-bond donors (Lipinski definition) is 2. The number of rotatable bonds is 6. The number of benzene rings is 2. The number of hydrogen-bond acceptors (Lipinski definition) is 4. The molecule has 2 amide bonds. The first-order chi connectivity index (χ1) is 16.0. The standard InChI is InChI=1S/C25H28FN5O2/c1-3-22(32)28-23-17(2)29-31(19-9-5-4-6-10-19)25(23)30-15-13-18(14-16-30)24(33)27-21-12-8-7-11-20(21)26/h4-12,18H,3,13-16H2,1-2H3,(H,27,33)(H,28,32). The van der Waals surface area contributed by atoms with Crippen molar-refractivity contribution in [3.63, 3.8) is 0 Å². The minimum Gasteiger partial charge on any atom is -0.355 e. The number of nitrogens with zero attached hydrogens (tertiary/aromatic N) is 3. The molecule has 0 aliphatic carbocycles. The van der Waals surface area contributed by atoms with Gasteiger partial charge in [-0.1, -0.05) is 37.3 Å². The highest BCUT2D eigenvalue weighted by Crippen LogP contribution is 2.35. The first-order valence-corrected chi connectivity index (χ1v) is 11.2. The van der Waals surface area contributed by atoms with E-state index in [2.05, 4.69) is 15.5 Å². The molecule has 2 aromatic carbocycles. The highest BCUT2D eigenvalue weighted by atomic mass is 19.1. The molecule has 4 rings (SSSR count). The Morgan fingerprint density at radius 3 is 2.36 bits per heavy atom. The van der Waals surface area contributed by atoms with Crippen molar-refractivity contribution in [2.24, 2.45) is 5.92 Å². The van der Waals surface area contributed by atoms with Crippen LogP contribution in [0.15, 0.2) is 54.6 Å². The summed E-state index contributed by atoms with van der Waals surface area (Å²) in [5.41, 5.74) is 2.52. The van der Waals surface area contributed by atoms with E-state index in [0.29, 0.717) is 38.0 Å². The van der Waals surface area contributed by atoms with Gasteiger partial charge in [0.25, 0.3) is 0 Å². The highest BCUT2D eigenvalue weighted by Gasteiger charge is 2.30. The molecular formula is C25H28FN5O2. The monoisotopic (exact) mass is 449 g/mol. The van der Waals surface area contributed by atoms with Crippen molar-refractivity contribution in [3.05, 3.63) is 66.1 Å². The van der Waals surface area contributed by atoms with Gasteiger partial charge in [-0.3, -0.25) is 9.59 Å². The molecule has 1 aliphatic heterocycles. The number of aromatic nitrogens is 2. The number of anilines is 3. The Balaban J connectivity index is 1.55. The van der Waals surface area contributed by atoms with E-state index in [1.807, 2.05) is 48.9 Å². The fraction of sp³-hybridized carbons (Fsp3) is 0.320. The molecule has 1 aliphatic rings.